The average molecular weight is 414 g/mol. The predicted octanol–water partition coefficient (Wildman–Crippen LogP) is 0.220. The van der Waals surface area contributed by atoms with E-state index < -0.39 is 11.8 Å². The molecule has 1 aliphatic heterocycles. The summed E-state index contributed by atoms with van der Waals surface area (Å²) >= 11 is 1.37. The third kappa shape index (κ3) is 4.25. The van der Waals surface area contributed by atoms with Gasteiger partial charge in [0.05, 0.1) is 30.7 Å². The number of amides is 2. The van der Waals surface area contributed by atoms with Crippen molar-refractivity contribution in [1.82, 2.24) is 26.0 Å². The molecule has 4 rings (SSSR count). The number of rotatable bonds is 4. The molecule has 2 aromatic heterocycles. The Hall–Kier alpha value is -3.31. The molecule has 0 saturated carbocycles. The highest BCUT2D eigenvalue weighted by Crippen LogP contribution is 2.21. The van der Waals surface area contributed by atoms with Crippen LogP contribution in [0.2, 0.25) is 0 Å². The SMILES string of the molecule is O=C(Cc1n[nH]c(=O)c2ccccc12)NNC(=O)c1csc(N2CCOCC2)n1. The minimum atomic E-state index is -0.506. The van der Waals surface area contributed by atoms with Crippen molar-refractivity contribution >= 4 is 39.1 Å². The van der Waals surface area contributed by atoms with E-state index in [1.54, 1.807) is 29.6 Å². The normalized spacial score (nSPS) is 14.0. The van der Waals surface area contributed by atoms with Gasteiger partial charge in [0.25, 0.3) is 11.5 Å². The smallest absolute Gasteiger partial charge is 0.289 e. The fourth-order valence-corrected chi connectivity index (χ4v) is 3.82. The number of H-pyrrole nitrogens is 1. The van der Waals surface area contributed by atoms with Gasteiger partial charge in [-0.15, -0.1) is 11.3 Å². The number of aromatic amines is 1. The van der Waals surface area contributed by atoms with Crippen LogP contribution in [0, 0.1) is 0 Å². The Morgan fingerprint density at radius 3 is 2.72 bits per heavy atom. The van der Waals surface area contributed by atoms with E-state index in [1.807, 2.05) is 0 Å². The number of aromatic nitrogens is 3. The van der Waals surface area contributed by atoms with Crippen molar-refractivity contribution in [2.45, 2.75) is 6.42 Å². The number of morpholine rings is 1. The molecule has 0 aliphatic carbocycles. The summed E-state index contributed by atoms with van der Waals surface area (Å²) in [5, 5.41) is 9.75. The number of hydrogen-bond donors (Lipinski definition) is 3. The van der Waals surface area contributed by atoms with Crippen LogP contribution in [0.4, 0.5) is 5.13 Å². The lowest BCUT2D eigenvalue weighted by atomic mass is 10.1. The fourth-order valence-electron chi connectivity index (χ4n) is 2.96. The maximum absolute atomic E-state index is 12.3. The highest BCUT2D eigenvalue weighted by atomic mass is 32.1. The molecular formula is C18H18N6O4S. The molecule has 3 N–H and O–H groups in total. The molecule has 0 atom stereocenters. The number of carbonyl (C=O) groups excluding carboxylic acids is 2. The van der Waals surface area contributed by atoms with E-state index in [4.69, 9.17) is 4.74 Å². The molecule has 0 bridgehead atoms. The maximum Gasteiger partial charge on any atom is 0.289 e. The van der Waals surface area contributed by atoms with Gasteiger partial charge in [-0.3, -0.25) is 25.2 Å². The van der Waals surface area contributed by atoms with Gasteiger partial charge in [0.1, 0.15) is 5.69 Å². The van der Waals surface area contributed by atoms with Crippen molar-refractivity contribution in [3.63, 3.8) is 0 Å². The Balaban J connectivity index is 1.36. The minimum absolute atomic E-state index is 0.104. The van der Waals surface area contributed by atoms with E-state index in [1.165, 1.54) is 11.3 Å². The van der Waals surface area contributed by atoms with Crippen LogP contribution in [0.15, 0.2) is 34.4 Å². The summed E-state index contributed by atoms with van der Waals surface area (Å²) in [6, 6.07) is 6.89. The molecule has 3 aromatic rings. The van der Waals surface area contributed by atoms with E-state index >= 15 is 0 Å². The molecule has 150 valence electrons. The Morgan fingerprint density at radius 1 is 1.17 bits per heavy atom. The summed E-state index contributed by atoms with van der Waals surface area (Å²) in [6.45, 7) is 2.71. The first kappa shape index (κ1) is 19.0. The first-order valence-corrected chi connectivity index (χ1v) is 9.83. The van der Waals surface area contributed by atoms with Crippen molar-refractivity contribution in [2.24, 2.45) is 0 Å². The molecule has 29 heavy (non-hydrogen) atoms. The van der Waals surface area contributed by atoms with Crippen LogP contribution in [-0.2, 0) is 16.0 Å². The van der Waals surface area contributed by atoms with Crippen LogP contribution in [0.5, 0.6) is 0 Å². The first-order valence-electron chi connectivity index (χ1n) is 8.95. The second kappa shape index (κ2) is 8.37. The van der Waals surface area contributed by atoms with Crippen molar-refractivity contribution in [3.8, 4) is 0 Å². The zero-order valence-corrected chi connectivity index (χ0v) is 16.1. The molecule has 3 heterocycles. The number of carbonyl (C=O) groups is 2. The molecule has 11 heteroatoms. The van der Waals surface area contributed by atoms with E-state index in [-0.39, 0.29) is 17.7 Å². The standard InChI is InChI=1S/C18H18N6O4S/c25-15(9-13-11-3-1-2-4-12(11)16(26)22-20-13)21-23-17(27)14-10-29-18(19-14)24-5-7-28-8-6-24/h1-4,10H,5-9H2,(H,21,25)(H,22,26)(H,23,27). The van der Waals surface area contributed by atoms with Gasteiger partial charge >= 0.3 is 0 Å². The van der Waals surface area contributed by atoms with Gasteiger partial charge in [-0.1, -0.05) is 18.2 Å². The highest BCUT2D eigenvalue weighted by Gasteiger charge is 2.18. The van der Waals surface area contributed by atoms with Crippen molar-refractivity contribution in [3.05, 3.63) is 51.4 Å². The zero-order chi connectivity index (χ0) is 20.2. The van der Waals surface area contributed by atoms with Crippen molar-refractivity contribution in [2.75, 3.05) is 31.2 Å². The van der Waals surface area contributed by atoms with Crippen LogP contribution in [-0.4, -0.2) is 53.3 Å². The molecule has 1 saturated heterocycles. The van der Waals surface area contributed by atoms with Crippen molar-refractivity contribution in [1.29, 1.82) is 0 Å². The number of nitrogens with one attached hydrogen (secondary N) is 3. The second-order valence-corrected chi connectivity index (χ2v) is 7.18. The summed E-state index contributed by atoms with van der Waals surface area (Å²) < 4.78 is 5.31. The number of ether oxygens (including phenoxy) is 1. The number of benzene rings is 1. The predicted molar refractivity (Wildman–Crippen MR) is 107 cm³/mol. The number of hydrazine groups is 1. The van der Waals surface area contributed by atoms with Gasteiger partial charge in [0.15, 0.2) is 5.13 Å². The highest BCUT2D eigenvalue weighted by molar-refractivity contribution is 7.13. The quantitative estimate of drug-likeness (QED) is 0.521. The topological polar surface area (TPSA) is 129 Å². The number of hydrogen-bond acceptors (Lipinski definition) is 8. The first-order chi connectivity index (χ1) is 14.1. The molecule has 0 unspecified atom stereocenters. The molecule has 0 radical (unpaired) electrons. The lowest BCUT2D eigenvalue weighted by Crippen LogP contribution is -2.42. The monoisotopic (exact) mass is 414 g/mol. The number of nitrogens with zero attached hydrogens (tertiary/aromatic N) is 3. The van der Waals surface area contributed by atoms with Gasteiger partial charge in [-0.05, 0) is 6.07 Å². The lowest BCUT2D eigenvalue weighted by molar-refractivity contribution is -0.121. The van der Waals surface area contributed by atoms with Gasteiger partial charge in [0, 0.05) is 23.9 Å². The number of anilines is 1. The van der Waals surface area contributed by atoms with Crippen molar-refractivity contribution < 1.29 is 14.3 Å². The molecule has 0 spiro atoms. The average Bonchev–Trinajstić information content (AvgIpc) is 3.25. The minimum Gasteiger partial charge on any atom is -0.378 e. The summed E-state index contributed by atoms with van der Waals surface area (Å²) in [5.41, 5.74) is 5.03. The molecular weight excluding hydrogens is 396 g/mol. The van der Waals surface area contributed by atoms with E-state index in [2.05, 4.69) is 30.9 Å². The zero-order valence-electron chi connectivity index (χ0n) is 15.3. The molecule has 2 amide bonds. The number of fused-ring (bicyclic) bond motifs is 1. The summed E-state index contributed by atoms with van der Waals surface area (Å²) in [5.74, 6) is -0.972. The van der Waals surface area contributed by atoms with Crippen LogP contribution < -0.4 is 21.3 Å². The Bertz CT molecular complexity index is 1100. The van der Waals surface area contributed by atoms with Crippen LogP contribution in [0.3, 0.4) is 0 Å². The molecule has 1 aromatic carbocycles. The van der Waals surface area contributed by atoms with Gasteiger partial charge in [0.2, 0.25) is 5.91 Å². The van der Waals surface area contributed by atoms with Crippen LogP contribution in [0.1, 0.15) is 16.2 Å². The van der Waals surface area contributed by atoms with Crippen LogP contribution in [0.25, 0.3) is 10.8 Å². The molecule has 1 fully saturated rings. The molecule has 10 nitrogen and oxygen atoms in total. The van der Waals surface area contributed by atoms with E-state index in [9.17, 15) is 14.4 Å². The maximum atomic E-state index is 12.3. The van der Waals surface area contributed by atoms with E-state index in [0.29, 0.717) is 29.7 Å². The number of thiazole rings is 1. The van der Waals surface area contributed by atoms with Gasteiger partial charge in [-0.2, -0.15) is 5.10 Å². The van der Waals surface area contributed by atoms with Gasteiger partial charge < -0.3 is 9.64 Å². The summed E-state index contributed by atoms with van der Waals surface area (Å²) in [4.78, 5) is 42.7. The van der Waals surface area contributed by atoms with Gasteiger partial charge in [-0.25, -0.2) is 10.1 Å². The van der Waals surface area contributed by atoms with Crippen LogP contribution >= 0.6 is 11.3 Å². The van der Waals surface area contributed by atoms with E-state index in [0.717, 1.165) is 18.2 Å². The lowest BCUT2D eigenvalue weighted by Gasteiger charge is -2.25. The third-order valence-corrected chi connectivity index (χ3v) is 5.33. The fraction of sp³-hybridized carbons (Fsp3) is 0.278. The summed E-state index contributed by atoms with van der Waals surface area (Å²) in [6.07, 6.45) is -0.104. The molecule has 1 aliphatic rings. The Labute approximate surface area is 168 Å². The Morgan fingerprint density at radius 2 is 1.93 bits per heavy atom. The summed E-state index contributed by atoms with van der Waals surface area (Å²) in [7, 11) is 0. The third-order valence-electron chi connectivity index (χ3n) is 4.42. The largest absolute Gasteiger partial charge is 0.378 e. The second-order valence-electron chi connectivity index (χ2n) is 6.34. The Kier molecular flexibility index (Phi) is 5.49.